The van der Waals surface area contributed by atoms with Crippen LogP contribution in [0.1, 0.15) is 17.5 Å². The van der Waals surface area contributed by atoms with Crippen LogP contribution in [-0.4, -0.2) is 36.9 Å². The quantitative estimate of drug-likeness (QED) is 0.733. The van der Waals surface area contributed by atoms with E-state index in [2.05, 4.69) is 11.8 Å². The minimum Gasteiger partial charge on any atom is -0.361 e. The summed E-state index contributed by atoms with van der Waals surface area (Å²) in [5, 5.41) is 0. The van der Waals surface area contributed by atoms with E-state index >= 15 is 0 Å². The second kappa shape index (κ2) is 3.65. The Morgan fingerprint density at radius 1 is 1.35 bits per heavy atom. The molecule has 0 radical (unpaired) electrons. The van der Waals surface area contributed by atoms with Gasteiger partial charge >= 0.3 is 0 Å². The first-order chi connectivity index (χ1) is 8.12. The molecule has 2 heterocycles. The summed E-state index contributed by atoms with van der Waals surface area (Å²) in [6, 6.07) is 8.54. The second-order valence-electron chi connectivity index (χ2n) is 5.20. The van der Waals surface area contributed by atoms with Gasteiger partial charge in [-0.25, -0.2) is 0 Å². The van der Waals surface area contributed by atoms with Gasteiger partial charge in [-0.15, -0.1) is 0 Å². The Kier molecular flexibility index (Phi) is 2.35. The first-order valence-corrected chi connectivity index (χ1v) is 6.06. The van der Waals surface area contributed by atoms with E-state index in [-0.39, 0.29) is 5.78 Å². The van der Waals surface area contributed by atoms with E-state index in [0.717, 1.165) is 12.0 Å². The van der Waals surface area contributed by atoms with Gasteiger partial charge in [0.2, 0.25) is 0 Å². The third-order valence-corrected chi connectivity index (χ3v) is 4.03. The maximum absolute atomic E-state index is 12.3. The lowest BCUT2D eigenvalue weighted by molar-refractivity contribution is -0.141. The van der Waals surface area contributed by atoms with Crippen molar-refractivity contribution >= 4 is 5.78 Å². The minimum atomic E-state index is -0.662. The standard InChI is InChI=1S/C14H17NO2/c1-10-3-5-11(6-4-10)14-7-12(9-17-14)15(2)8-13(14)16/h3-6,12H,7-9H2,1-2H3. The van der Waals surface area contributed by atoms with Crippen LogP contribution in [0.2, 0.25) is 0 Å². The molecule has 3 rings (SSSR count). The van der Waals surface area contributed by atoms with Crippen molar-refractivity contribution in [1.29, 1.82) is 0 Å². The van der Waals surface area contributed by atoms with E-state index in [1.807, 2.05) is 31.3 Å². The Bertz CT molecular complexity index is 454. The molecule has 1 aromatic rings. The van der Waals surface area contributed by atoms with Crippen molar-refractivity contribution in [3.05, 3.63) is 35.4 Å². The predicted molar refractivity (Wildman–Crippen MR) is 64.9 cm³/mol. The predicted octanol–water partition coefficient (Wildman–Crippen LogP) is 1.49. The van der Waals surface area contributed by atoms with E-state index in [4.69, 9.17) is 4.74 Å². The number of carbonyl (C=O) groups is 1. The molecule has 0 amide bonds. The number of rotatable bonds is 1. The molecule has 90 valence electrons. The number of ether oxygens (including phenoxy) is 1. The molecule has 0 aliphatic carbocycles. The molecule has 2 unspecified atom stereocenters. The summed E-state index contributed by atoms with van der Waals surface area (Å²) in [6.07, 6.45) is 0.797. The molecule has 0 N–H and O–H groups in total. The number of aryl methyl sites for hydroxylation is 1. The Morgan fingerprint density at radius 2 is 2.06 bits per heavy atom. The molecular weight excluding hydrogens is 214 g/mol. The Labute approximate surface area is 101 Å². The second-order valence-corrected chi connectivity index (χ2v) is 5.20. The summed E-state index contributed by atoms with van der Waals surface area (Å²) in [6.45, 7) is 3.21. The number of ketones is 1. The highest BCUT2D eigenvalue weighted by Gasteiger charge is 2.52. The van der Waals surface area contributed by atoms with Gasteiger partial charge < -0.3 is 4.74 Å². The van der Waals surface area contributed by atoms with Crippen LogP contribution in [0, 0.1) is 6.92 Å². The van der Waals surface area contributed by atoms with E-state index in [9.17, 15) is 4.79 Å². The zero-order valence-electron chi connectivity index (χ0n) is 10.3. The van der Waals surface area contributed by atoms with E-state index in [1.165, 1.54) is 5.56 Å². The summed E-state index contributed by atoms with van der Waals surface area (Å²) in [5.74, 6) is 0.192. The summed E-state index contributed by atoms with van der Waals surface area (Å²) < 4.78 is 5.88. The molecule has 2 aliphatic rings. The summed E-state index contributed by atoms with van der Waals surface area (Å²) in [5.41, 5.74) is 1.56. The SMILES string of the molecule is Cc1ccc(C23CC(CO2)N(C)CC3=O)cc1. The van der Waals surface area contributed by atoms with Crippen molar-refractivity contribution in [1.82, 2.24) is 4.90 Å². The van der Waals surface area contributed by atoms with Gasteiger partial charge in [-0.05, 0) is 19.5 Å². The van der Waals surface area contributed by atoms with Crippen molar-refractivity contribution in [3.8, 4) is 0 Å². The number of piperidine rings is 1. The van der Waals surface area contributed by atoms with E-state index in [0.29, 0.717) is 19.2 Å². The van der Waals surface area contributed by atoms with Gasteiger partial charge in [0.1, 0.15) is 0 Å². The van der Waals surface area contributed by atoms with E-state index < -0.39 is 5.60 Å². The van der Waals surface area contributed by atoms with Gasteiger partial charge in [-0.3, -0.25) is 9.69 Å². The highest BCUT2D eigenvalue weighted by Crippen LogP contribution is 2.42. The van der Waals surface area contributed by atoms with Crippen LogP contribution in [0.4, 0.5) is 0 Å². The van der Waals surface area contributed by atoms with Crippen molar-refractivity contribution in [3.63, 3.8) is 0 Å². The van der Waals surface area contributed by atoms with Gasteiger partial charge in [-0.2, -0.15) is 0 Å². The van der Waals surface area contributed by atoms with Gasteiger partial charge in [-0.1, -0.05) is 29.8 Å². The Morgan fingerprint density at radius 3 is 2.76 bits per heavy atom. The van der Waals surface area contributed by atoms with Gasteiger partial charge in [0, 0.05) is 12.5 Å². The monoisotopic (exact) mass is 231 g/mol. The van der Waals surface area contributed by atoms with Crippen molar-refractivity contribution in [2.45, 2.75) is 25.0 Å². The zero-order chi connectivity index (χ0) is 12.0. The molecular formula is C14H17NO2. The van der Waals surface area contributed by atoms with Crippen LogP contribution >= 0.6 is 0 Å². The molecule has 1 aromatic carbocycles. The smallest absolute Gasteiger partial charge is 0.183 e. The van der Waals surface area contributed by atoms with Crippen LogP contribution in [0.15, 0.2) is 24.3 Å². The number of hydrogen-bond acceptors (Lipinski definition) is 3. The summed E-state index contributed by atoms with van der Waals surface area (Å²) in [7, 11) is 2.00. The number of benzene rings is 1. The molecule has 2 atom stereocenters. The third-order valence-electron chi connectivity index (χ3n) is 4.03. The number of Topliss-reactive ketones (excluding diaryl/α,β-unsaturated/α-hetero) is 1. The van der Waals surface area contributed by atoms with E-state index in [1.54, 1.807) is 0 Å². The van der Waals surface area contributed by atoms with Crippen LogP contribution in [0.5, 0.6) is 0 Å². The molecule has 2 saturated heterocycles. The zero-order valence-corrected chi connectivity index (χ0v) is 10.3. The number of likely N-dealkylation sites (tertiary alicyclic amines) is 1. The molecule has 3 heteroatoms. The van der Waals surface area contributed by atoms with Crippen LogP contribution < -0.4 is 0 Å². The first-order valence-electron chi connectivity index (χ1n) is 6.06. The maximum atomic E-state index is 12.3. The fraction of sp³-hybridized carbons (Fsp3) is 0.500. The highest BCUT2D eigenvalue weighted by atomic mass is 16.5. The average molecular weight is 231 g/mol. The molecule has 3 nitrogen and oxygen atoms in total. The lowest BCUT2D eigenvalue weighted by Crippen LogP contribution is -2.49. The third kappa shape index (κ3) is 1.53. The highest BCUT2D eigenvalue weighted by molar-refractivity contribution is 5.91. The molecule has 2 fully saturated rings. The Hall–Kier alpha value is -1.19. The summed E-state index contributed by atoms with van der Waals surface area (Å²) in [4.78, 5) is 14.4. The number of likely N-dealkylation sites (N-methyl/N-ethyl adjacent to an activating group) is 1. The molecule has 2 bridgehead atoms. The molecule has 0 spiro atoms. The van der Waals surface area contributed by atoms with Gasteiger partial charge in [0.15, 0.2) is 11.4 Å². The first kappa shape index (κ1) is 10.9. The fourth-order valence-electron chi connectivity index (χ4n) is 2.83. The summed E-state index contributed by atoms with van der Waals surface area (Å²) >= 11 is 0. The average Bonchev–Trinajstić information content (AvgIpc) is 2.71. The van der Waals surface area contributed by atoms with Crippen molar-refractivity contribution in [2.24, 2.45) is 0 Å². The number of hydrogen-bond donors (Lipinski definition) is 0. The Balaban J connectivity index is 2.01. The molecule has 2 aliphatic heterocycles. The minimum absolute atomic E-state index is 0.192. The van der Waals surface area contributed by atoms with Crippen LogP contribution in [0.25, 0.3) is 0 Å². The van der Waals surface area contributed by atoms with Gasteiger partial charge in [0.25, 0.3) is 0 Å². The topological polar surface area (TPSA) is 29.5 Å². The van der Waals surface area contributed by atoms with Gasteiger partial charge in [0.05, 0.1) is 13.2 Å². The fourth-order valence-corrected chi connectivity index (χ4v) is 2.83. The van der Waals surface area contributed by atoms with Crippen molar-refractivity contribution in [2.75, 3.05) is 20.2 Å². The molecule has 0 aromatic heterocycles. The number of fused-ring (bicyclic) bond motifs is 2. The van der Waals surface area contributed by atoms with Crippen LogP contribution in [0.3, 0.4) is 0 Å². The largest absolute Gasteiger partial charge is 0.361 e. The lowest BCUT2D eigenvalue weighted by atomic mass is 9.82. The number of carbonyl (C=O) groups excluding carboxylic acids is 1. The van der Waals surface area contributed by atoms with Crippen LogP contribution in [-0.2, 0) is 15.1 Å². The number of nitrogens with zero attached hydrogens (tertiary/aromatic N) is 1. The normalized spacial score (nSPS) is 33.1. The maximum Gasteiger partial charge on any atom is 0.183 e. The molecule has 17 heavy (non-hydrogen) atoms. The lowest BCUT2D eigenvalue weighted by Gasteiger charge is -2.34. The van der Waals surface area contributed by atoms with Crippen molar-refractivity contribution < 1.29 is 9.53 Å². The molecule has 0 saturated carbocycles.